The summed E-state index contributed by atoms with van der Waals surface area (Å²) in [5.41, 5.74) is 3.50. The number of rotatable bonds is 5. The van der Waals surface area contributed by atoms with Crippen LogP contribution in [0.25, 0.3) is 0 Å². The lowest BCUT2D eigenvalue weighted by Gasteiger charge is -2.31. The van der Waals surface area contributed by atoms with Crippen molar-refractivity contribution in [3.63, 3.8) is 0 Å². The van der Waals surface area contributed by atoms with Crippen molar-refractivity contribution in [2.75, 3.05) is 13.1 Å². The number of aromatic nitrogens is 2. The van der Waals surface area contributed by atoms with Gasteiger partial charge in [0, 0.05) is 30.3 Å². The largest absolute Gasteiger partial charge is 0.481 e. The standard InChI is InChI=1S/C21H29N3O2/c1-21(2,3)19-18(14-23-11-7-10-17(13-23)20(25)26)15-24(22-19)12-16-8-5-4-6-9-16/h4-6,8-9,15,17H,7,10-14H2,1-3H3,(H,25,26). The van der Waals surface area contributed by atoms with Gasteiger partial charge in [0.2, 0.25) is 0 Å². The van der Waals surface area contributed by atoms with Crippen LogP contribution in [0, 0.1) is 5.92 Å². The van der Waals surface area contributed by atoms with Gasteiger partial charge in [0.25, 0.3) is 0 Å². The van der Waals surface area contributed by atoms with Crippen LogP contribution in [0.15, 0.2) is 36.5 Å². The van der Waals surface area contributed by atoms with Gasteiger partial charge in [-0.15, -0.1) is 0 Å². The smallest absolute Gasteiger partial charge is 0.307 e. The minimum absolute atomic E-state index is 0.0424. The third-order valence-corrected chi connectivity index (χ3v) is 4.98. The van der Waals surface area contributed by atoms with Gasteiger partial charge in [-0.3, -0.25) is 14.4 Å². The van der Waals surface area contributed by atoms with Crippen molar-refractivity contribution in [1.82, 2.24) is 14.7 Å². The fourth-order valence-corrected chi connectivity index (χ4v) is 3.70. The number of piperidine rings is 1. The zero-order valence-electron chi connectivity index (χ0n) is 16.0. The number of carboxylic acids is 1. The fraction of sp³-hybridized carbons (Fsp3) is 0.524. The van der Waals surface area contributed by atoms with Crippen LogP contribution in [0.3, 0.4) is 0 Å². The molecule has 0 spiro atoms. The number of aliphatic carboxylic acids is 1. The molecule has 26 heavy (non-hydrogen) atoms. The molecular weight excluding hydrogens is 326 g/mol. The molecule has 3 rings (SSSR count). The van der Waals surface area contributed by atoms with Crippen molar-refractivity contribution >= 4 is 5.97 Å². The maximum Gasteiger partial charge on any atom is 0.307 e. The molecular formula is C21H29N3O2. The Bertz CT molecular complexity index is 746. The minimum Gasteiger partial charge on any atom is -0.481 e. The van der Waals surface area contributed by atoms with E-state index in [1.54, 1.807) is 0 Å². The lowest BCUT2D eigenvalue weighted by Crippen LogP contribution is -2.38. The fourth-order valence-electron chi connectivity index (χ4n) is 3.70. The summed E-state index contributed by atoms with van der Waals surface area (Å²) < 4.78 is 2.02. The van der Waals surface area contributed by atoms with Crippen LogP contribution in [0.2, 0.25) is 0 Å². The Balaban J connectivity index is 1.80. The van der Waals surface area contributed by atoms with Crippen molar-refractivity contribution in [3.05, 3.63) is 53.3 Å². The topological polar surface area (TPSA) is 58.4 Å². The molecule has 1 aromatic heterocycles. The van der Waals surface area contributed by atoms with Gasteiger partial charge >= 0.3 is 5.97 Å². The van der Waals surface area contributed by atoms with Gasteiger partial charge in [0.15, 0.2) is 0 Å². The quantitative estimate of drug-likeness (QED) is 0.891. The third-order valence-electron chi connectivity index (χ3n) is 4.98. The summed E-state index contributed by atoms with van der Waals surface area (Å²) >= 11 is 0. The summed E-state index contributed by atoms with van der Waals surface area (Å²) in [6.07, 6.45) is 3.86. The summed E-state index contributed by atoms with van der Waals surface area (Å²) in [7, 11) is 0. The van der Waals surface area contributed by atoms with Gasteiger partial charge in [-0.2, -0.15) is 5.10 Å². The molecule has 1 aliphatic heterocycles. The lowest BCUT2D eigenvalue weighted by molar-refractivity contribution is -0.143. The minimum atomic E-state index is -0.675. The average Bonchev–Trinajstić information content (AvgIpc) is 2.98. The van der Waals surface area contributed by atoms with E-state index in [9.17, 15) is 9.90 Å². The molecule has 1 fully saturated rings. The van der Waals surface area contributed by atoms with E-state index in [-0.39, 0.29) is 11.3 Å². The molecule has 0 bridgehead atoms. The molecule has 1 aliphatic rings. The van der Waals surface area contributed by atoms with Crippen LogP contribution in [0.4, 0.5) is 0 Å². The van der Waals surface area contributed by atoms with E-state index in [0.717, 1.165) is 38.2 Å². The highest BCUT2D eigenvalue weighted by atomic mass is 16.4. The van der Waals surface area contributed by atoms with Crippen LogP contribution < -0.4 is 0 Å². The Morgan fingerprint density at radius 2 is 1.96 bits per heavy atom. The number of hydrogen-bond acceptors (Lipinski definition) is 3. The molecule has 0 aliphatic carbocycles. The van der Waals surface area contributed by atoms with Crippen molar-refractivity contribution in [3.8, 4) is 0 Å². The van der Waals surface area contributed by atoms with Gasteiger partial charge < -0.3 is 5.11 Å². The number of benzene rings is 1. The van der Waals surface area contributed by atoms with Crippen LogP contribution >= 0.6 is 0 Å². The number of nitrogens with zero attached hydrogens (tertiary/aromatic N) is 3. The first-order chi connectivity index (χ1) is 12.3. The third kappa shape index (κ3) is 4.52. The second kappa shape index (κ2) is 7.62. The predicted octanol–water partition coefficient (Wildman–Crippen LogP) is 3.53. The van der Waals surface area contributed by atoms with Crippen LogP contribution in [0.5, 0.6) is 0 Å². The Hall–Kier alpha value is -2.14. The summed E-state index contributed by atoms with van der Waals surface area (Å²) in [5.74, 6) is -0.924. The van der Waals surface area contributed by atoms with Gasteiger partial charge in [0.1, 0.15) is 0 Å². The first-order valence-corrected chi connectivity index (χ1v) is 9.39. The van der Waals surface area contributed by atoms with E-state index in [0.29, 0.717) is 6.54 Å². The number of carbonyl (C=O) groups is 1. The molecule has 2 heterocycles. The maximum atomic E-state index is 11.3. The Morgan fingerprint density at radius 1 is 1.23 bits per heavy atom. The highest BCUT2D eigenvalue weighted by Gasteiger charge is 2.28. The lowest BCUT2D eigenvalue weighted by atomic mass is 9.89. The van der Waals surface area contributed by atoms with E-state index in [1.807, 2.05) is 22.9 Å². The van der Waals surface area contributed by atoms with E-state index < -0.39 is 5.97 Å². The summed E-state index contributed by atoms with van der Waals surface area (Å²) in [5, 5.41) is 14.2. The first kappa shape index (κ1) is 18.6. The van der Waals surface area contributed by atoms with E-state index in [4.69, 9.17) is 5.10 Å². The molecule has 1 unspecified atom stereocenters. The Kier molecular flexibility index (Phi) is 5.47. The van der Waals surface area contributed by atoms with Gasteiger partial charge in [-0.25, -0.2) is 0 Å². The Labute approximate surface area is 155 Å². The zero-order chi connectivity index (χ0) is 18.7. The van der Waals surface area contributed by atoms with Crippen molar-refractivity contribution in [2.24, 2.45) is 5.92 Å². The molecule has 0 saturated carbocycles. The molecule has 1 atom stereocenters. The Morgan fingerprint density at radius 3 is 2.62 bits per heavy atom. The van der Waals surface area contributed by atoms with Crippen molar-refractivity contribution in [1.29, 1.82) is 0 Å². The molecule has 0 radical (unpaired) electrons. The summed E-state index contributed by atoms with van der Waals surface area (Å²) in [6.45, 7) is 9.65. The molecule has 2 aromatic rings. The summed E-state index contributed by atoms with van der Waals surface area (Å²) in [4.78, 5) is 13.6. The maximum absolute atomic E-state index is 11.3. The monoisotopic (exact) mass is 355 g/mol. The SMILES string of the molecule is CC(C)(C)c1nn(Cc2ccccc2)cc1CN1CCCC(C(=O)O)C1. The predicted molar refractivity (Wildman–Crippen MR) is 102 cm³/mol. The van der Waals surface area contributed by atoms with E-state index in [1.165, 1.54) is 11.1 Å². The van der Waals surface area contributed by atoms with E-state index in [2.05, 4.69) is 44.0 Å². The van der Waals surface area contributed by atoms with Crippen molar-refractivity contribution in [2.45, 2.75) is 52.1 Å². The van der Waals surface area contributed by atoms with Gasteiger partial charge in [-0.05, 0) is 24.9 Å². The van der Waals surface area contributed by atoms with Crippen LogP contribution in [0.1, 0.15) is 50.4 Å². The average molecular weight is 355 g/mol. The molecule has 5 heteroatoms. The van der Waals surface area contributed by atoms with Gasteiger partial charge in [-0.1, -0.05) is 51.1 Å². The van der Waals surface area contributed by atoms with Crippen LogP contribution in [-0.2, 0) is 23.3 Å². The molecule has 1 saturated heterocycles. The first-order valence-electron chi connectivity index (χ1n) is 9.39. The van der Waals surface area contributed by atoms with Crippen molar-refractivity contribution < 1.29 is 9.90 Å². The summed E-state index contributed by atoms with van der Waals surface area (Å²) in [6, 6.07) is 10.3. The zero-order valence-corrected chi connectivity index (χ0v) is 16.0. The molecule has 140 valence electrons. The molecule has 1 N–H and O–H groups in total. The normalized spacial score (nSPS) is 18.8. The second-order valence-corrected chi connectivity index (χ2v) is 8.35. The van der Waals surface area contributed by atoms with E-state index >= 15 is 0 Å². The number of likely N-dealkylation sites (tertiary alicyclic amines) is 1. The number of carboxylic acid groups (broad SMARTS) is 1. The second-order valence-electron chi connectivity index (χ2n) is 8.35. The van der Waals surface area contributed by atoms with Crippen LogP contribution in [-0.4, -0.2) is 38.8 Å². The van der Waals surface area contributed by atoms with Gasteiger partial charge in [0.05, 0.1) is 18.2 Å². The number of hydrogen-bond donors (Lipinski definition) is 1. The highest BCUT2D eigenvalue weighted by Crippen LogP contribution is 2.27. The molecule has 1 aromatic carbocycles. The molecule has 5 nitrogen and oxygen atoms in total. The molecule has 0 amide bonds. The highest BCUT2D eigenvalue weighted by molar-refractivity contribution is 5.70.